The fourth-order valence-electron chi connectivity index (χ4n) is 2.54. The Hall–Kier alpha value is -1.66. The first-order valence-electron chi connectivity index (χ1n) is 7.14. The van der Waals surface area contributed by atoms with Crippen LogP contribution in [0.2, 0.25) is 0 Å². The number of hydrogen-bond acceptors (Lipinski definition) is 5. The Kier molecular flexibility index (Phi) is 5.14. The third-order valence-electron chi connectivity index (χ3n) is 4.02. The Bertz CT molecular complexity index is 498. The Morgan fingerprint density at radius 3 is 2.76 bits per heavy atom. The lowest BCUT2D eigenvalue weighted by Gasteiger charge is -2.33. The van der Waals surface area contributed by atoms with E-state index in [4.69, 9.17) is 9.47 Å². The lowest BCUT2D eigenvalue weighted by Crippen LogP contribution is -2.36. The maximum atomic E-state index is 11.0. The predicted octanol–water partition coefficient (Wildman–Crippen LogP) is 2.51. The summed E-state index contributed by atoms with van der Waals surface area (Å²) < 4.78 is 10.4. The van der Waals surface area contributed by atoms with Gasteiger partial charge in [-0.1, -0.05) is 13.0 Å². The van der Waals surface area contributed by atoms with Gasteiger partial charge in [0.1, 0.15) is 0 Å². The van der Waals surface area contributed by atoms with E-state index in [0.29, 0.717) is 12.3 Å². The van der Waals surface area contributed by atoms with E-state index in [1.54, 1.807) is 12.1 Å². The van der Waals surface area contributed by atoms with E-state index in [0.717, 1.165) is 38.2 Å². The first-order valence-corrected chi connectivity index (χ1v) is 7.14. The van der Waals surface area contributed by atoms with Crippen LogP contribution in [0, 0.1) is 15.5 Å². The molecule has 0 radical (unpaired) electrons. The van der Waals surface area contributed by atoms with Crippen LogP contribution in [0.1, 0.15) is 25.3 Å². The van der Waals surface area contributed by atoms with Gasteiger partial charge in [-0.05, 0) is 29.9 Å². The Labute approximate surface area is 124 Å². The van der Waals surface area contributed by atoms with Crippen molar-refractivity contribution in [1.29, 1.82) is 0 Å². The number of nitro benzene ring substituents is 1. The average molecular weight is 294 g/mol. The molecule has 2 rings (SSSR count). The summed E-state index contributed by atoms with van der Waals surface area (Å²) in [6, 6.07) is 5.06. The predicted molar refractivity (Wildman–Crippen MR) is 79.5 cm³/mol. The summed E-state index contributed by atoms with van der Waals surface area (Å²) in [4.78, 5) is 10.6. The van der Waals surface area contributed by atoms with E-state index in [2.05, 4.69) is 12.2 Å². The standard InChI is InChI=1S/C15H22N2O4/c1-15(5-7-21-8-6-15)11-16-10-12-3-4-14(20-2)13(9-12)17(18)19/h3-4,9,16H,5-8,10-11H2,1-2H3. The maximum absolute atomic E-state index is 11.0. The van der Waals surface area contributed by atoms with Crippen molar-refractivity contribution in [3.8, 4) is 5.75 Å². The van der Waals surface area contributed by atoms with Crippen molar-refractivity contribution < 1.29 is 14.4 Å². The maximum Gasteiger partial charge on any atom is 0.311 e. The third kappa shape index (κ3) is 4.15. The van der Waals surface area contributed by atoms with Crippen molar-refractivity contribution in [3.05, 3.63) is 33.9 Å². The zero-order valence-corrected chi connectivity index (χ0v) is 12.6. The van der Waals surface area contributed by atoms with Crippen molar-refractivity contribution in [2.45, 2.75) is 26.3 Å². The number of methoxy groups -OCH3 is 1. The molecule has 1 aromatic rings. The van der Waals surface area contributed by atoms with Gasteiger partial charge in [0.2, 0.25) is 0 Å². The van der Waals surface area contributed by atoms with Gasteiger partial charge >= 0.3 is 5.69 Å². The highest BCUT2D eigenvalue weighted by atomic mass is 16.6. The van der Waals surface area contributed by atoms with Crippen LogP contribution in [0.5, 0.6) is 5.75 Å². The van der Waals surface area contributed by atoms with Gasteiger partial charge in [-0.2, -0.15) is 0 Å². The van der Waals surface area contributed by atoms with Crippen molar-refractivity contribution in [2.24, 2.45) is 5.41 Å². The topological polar surface area (TPSA) is 73.6 Å². The summed E-state index contributed by atoms with van der Waals surface area (Å²) >= 11 is 0. The summed E-state index contributed by atoms with van der Waals surface area (Å²) in [5, 5.41) is 14.4. The van der Waals surface area contributed by atoms with E-state index >= 15 is 0 Å². The Morgan fingerprint density at radius 2 is 2.14 bits per heavy atom. The molecule has 1 aromatic carbocycles. The number of hydrogen-bond donors (Lipinski definition) is 1. The minimum atomic E-state index is -0.415. The van der Waals surface area contributed by atoms with Crippen LogP contribution in [-0.4, -0.2) is 31.8 Å². The van der Waals surface area contributed by atoms with Crippen LogP contribution < -0.4 is 10.1 Å². The van der Waals surface area contributed by atoms with Gasteiger partial charge in [0, 0.05) is 32.4 Å². The van der Waals surface area contributed by atoms with Gasteiger partial charge in [-0.15, -0.1) is 0 Å². The molecule has 0 unspecified atom stereocenters. The Balaban J connectivity index is 1.94. The number of nitrogens with one attached hydrogen (secondary N) is 1. The molecular weight excluding hydrogens is 272 g/mol. The average Bonchev–Trinajstić information content (AvgIpc) is 2.47. The SMILES string of the molecule is COc1ccc(CNCC2(C)CCOCC2)cc1[N+](=O)[O-]. The second-order valence-electron chi connectivity index (χ2n) is 5.79. The van der Waals surface area contributed by atoms with Crippen LogP contribution in [0.4, 0.5) is 5.69 Å². The van der Waals surface area contributed by atoms with Crippen LogP contribution >= 0.6 is 0 Å². The van der Waals surface area contributed by atoms with Gasteiger partial charge in [0.15, 0.2) is 5.75 Å². The van der Waals surface area contributed by atoms with Crippen molar-refractivity contribution in [1.82, 2.24) is 5.32 Å². The number of rotatable bonds is 6. The molecule has 1 N–H and O–H groups in total. The van der Waals surface area contributed by atoms with Gasteiger partial charge in [0.25, 0.3) is 0 Å². The molecule has 1 aliphatic rings. The van der Waals surface area contributed by atoms with Crippen LogP contribution in [-0.2, 0) is 11.3 Å². The van der Waals surface area contributed by atoms with Gasteiger partial charge < -0.3 is 14.8 Å². The summed E-state index contributed by atoms with van der Waals surface area (Å²) in [6.07, 6.45) is 2.09. The molecular formula is C15H22N2O4. The molecule has 116 valence electrons. The molecule has 0 atom stereocenters. The summed E-state index contributed by atoms with van der Waals surface area (Å²) in [5.41, 5.74) is 1.14. The highest BCUT2D eigenvalue weighted by molar-refractivity contribution is 5.48. The molecule has 6 heteroatoms. The summed E-state index contributed by atoms with van der Waals surface area (Å²) in [6.45, 7) is 5.37. The monoisotopic (exact) mass is 294 g/mol. The van der Waals surface area contributed by atoms with Crippen LogP contribution in [0.25, 0.3) is 0 Å². The van der Waals surface area contributed by atoms with E-state index in [1.807, 2.05) is 6.07 Å². The van der Waals surface area contributed by atoms with E-state index < -0.39 is 4.92 Å². The second kappa shape index (κ2) is 6.87. The molecule has 21 heavy (non-hydrogen) atoms. The molecule has 0 amide bonds. The second-order valence-corrected chi connectivity index (χ2v) is 5.79. The first-order chi connectivity index (χ1) is 10.0. The zero-order valence-electron chi connectivity index (χ0n) is 12.6. The molecule has 0 spiro atoms. The lowest BCUT2D eigenvalue weighted by molar-refractivity contribution is -0.385. The molecule has 0 saturated carbocycles. The van der Waals surface area contributed by atoms with E-state index in [9.17, 15) is 10.1 Å². The quantitative estimate of drug-likeness (QED) is 0.644. The molecule has 1 fully saturated rings. The minimum Gasteiger partial charge on any atom is -0.490 e. The molecule has 1 saturated heterocycles. The summed E-state index contributed by atoms with van der Waals surface area (Å²) in [5.74, 6) is 0.292. The van der Waals surface area contributed by atoms with Gasteiger partial charge in [-0.3, -0.25) is 10.1 Å². The molecule has 1 aliphatic heterocycles. The van der Waals surface area contributed by atoms with Crippen LogP contribution in [0.3, 0.4) is 0 Å². The van der Waals surface area contributed by atoms with Gasteiger partial charge in [-0.25, -0.2) is 0 Å². The van der Waals surface area contributed by atoms with E-state index in [1.165, 1.54) is 7.11 Å². The number of benzene rings is 1. The number of ether oxygens (including phenoxy) is 2. The zero-order chi connectivity index (χ0) is 15.3. The van der Waals surface area contributed by atoms with Crippen molar-refractivity contribution in [3.63, 3.8) is 0 Å². The van der Waals surface area contributed by atoms with Crippen molar-refractivity contribution >= 4 is 5.69 Å². The molecule has 0 aliphatic carbocycles. The normalized spacial score (nSPS) is 17.4. The smallest absolute Gasteiger partial charge is 0.311 e. The Morgan fingerprint density at radius 1 is 1.43 bits per heavy atom. The highest BCUT2D eigenvalue weighted by Crippen LogP contribution is 2.29. The molecule has 1 heterocycles. The van der Waals surface area contributed by atoms with Gasteiger partial charge in [0.05, 0.1) is 12.0 Å². The molecule has 6 nitrogen and oxygen atoms in total. The van der Waals surface area contributed by atoms with E-state index in [-0.39, 0.29) is 11.1 Å². The van der Waals surface area contributed by atoms with Crippen molar-refractivity contribution in [2.75, 3.05) is 26.9 Å². The first kappa shape index (κ1) is 15.7. The third-order valence-corrected chi connectivity index (χ3v) is 4.02. The fraction of sp³-hybridized carbons (Fsp3) is 0.600. The molecule has 0 aromatic heterocycles. The minimum absolute atomic E-state index is 0.00841. The number of nitro groups is 1. The fourth-order valence-corrected chi connectivity index (χ4v) is 2.54. The number of nitrogens with zero attached hydrogens (tertiary/aromatic N) is 1. The summed E-state index contributed by atoms with van der Waals surface area (Å²) in [7, 11) is 1.44. The van der Waals surface area contributed by atoms with Crippen LogP contribution in [0.15, 0.2) is 18.2 Å². The lowest BCUT2D eigenvalue weighted by atomic mass is 9.82. The highest BCUT2D eigenvalue weighted by Gasteiger charge is 2.26. The molecule has 0 bridgehead atoms. The largest absolute Gasteiger partial charge is 0.490 e.